The van der Waals surface area contributed by atoms with Crippen LogP contribution in [0.3, 0.4) is 0 Å². The van der Waals surface area contributed by atoms with Gasteiger partial charge in [-0.25, -0.2) is 13.8 Å². The van der Waals surface area contributed by atoms with Crippen molar-refractivity contribution in [2.24, 2.45) is 0 Å². The Morgan fingerprint density at radius 1 is 1.20 bits per heavy atom. The number of halogens is 2. The first kappa shape index (κ1) is 14.2. The molecule has 0 fully saturated rings. The molecule has 0 aliphatic heterocycles. The average molecular weight is 279 g/mol. The largest absolute Gasteiger partial charge is 0.478 e. The summed E-state index contributed by atoms with van der Waals surface area (Å²) in [6.45, 7) is 4.21. The van der Waals surface area contributed by atoms with Gasteiger partial charge in [0.1, 0.15) is 23.3 Å². The first-order valence-corrected chi connectivity index (χ1v) is 6.24. The van der Waals surface area contributed by atoms with Crippen LogP contribution < -0.4 is 10.1 Å². The highest BCUT2D eigenvalue weighted by Gasteiger charge is 2.06. The number of aryl methyl sites for hydroxylation is 1. The average Bonchev–Trinajstić information content (AvgIpc) is 2.40. The minimum absolute atomic E-state index is 0.131. The van der Waals surface area contributed by atoms with Crippen molar-refractivity contribution in [3.63, 3.8) is 0 Å². The molecule has 0 unspecified atom stereocenters. The maximum absolute atomic E-state index is 13.5. The van der Waals surface area contributed by atoms with Gasteiger partial charge in [-0.2, -0.15) is 4.98 Å². The van der Waals surface area contributed by atoms with Crippen LogP contribution in [0, 0.1) is 18.6 Å². The number of hydrogen-bond donors (Lipinski definition) is 1. The molecule has 0 spiro atoms. The first-order valence-electron chi connectivity index (χ1n) is 6.24. The molecule has 0 radical (unpaired) electrons. The van der Waals surface area contributed by atoms with Crippen molar-refractivity contribution >= 4 is 5.82 Å². The molecule has 2 rings (SSSR count). The van der Waals surface area contributed by atoms with Crippen molar-refractivity contribution < 1.29 is 13.5 Å². The van der Waals surface area contributed by atoms with E-state index in [9.17, 15) is 8.78 Å². The molecule has 1 aromatic carbocycles. The summed E-state index contributed by atoms with van der Waals surface area (Å²) in [5.74, 6) is 0.553. The van der Waals surface area contributed by atoms with Gasteiger partial charge in [-0.1, -0.05) is 0 Å². The van der Waals surface area contributed by atoms with Crippen molar-refractivity contribution in [3.8, 4) is 5.88 Å². The van der Waals surface area contributed by atoms with E-state index in [0.29, 0.717) is 24.1 Å². The molecule has 0 saturated heterocycles. The lowest BCUT2D eigenvalue weighted by Crippen LogP contribution is -2.06. The minimum Gasteiger partial charge on any atom is -0.478 e. The Labute approximate surface area is 115 Å². The van der Waals surface area contributed by atoms with E-state index < -0.39 is 11.6 Å². The second kappa shape index (κ2) is 6.27. The molecule has 1 aromatic heterocycles. The van der Waals surface area contributed by atoms with Crippen molar-refractivity contribution in [1.29, 1.82) is 0 Å². The molecule has 0 bridgehead atoms. The topological polar surface area (TPSA) is 47.0 Å². The van der Waals surface area contributed by atoms with Crippen LogP contribution in [-0.4, -0.2) is 16.6 Å². The van der Waals surface area contributed by atoms with E-state index in [1.807, 2.05) is 6.92 Å². The van der Waals surface area contributed by atoms with Crippen LogP contribution in [0.2, 0.25) is 0 Å². The lowest BCUT2D eigenvalue weighted by atomic mass is 10.2. The Balaban J connectivity index is 2.12. The summed E-state index contributed by atoms with van der Waals surface area (Å²) < 4.78 is 31.8. The van der Waals surface area contributed by atoms with Gasteiger partial charge >= 0.3 is 0 Å². The second-order valence-electron chi connectivity index (χ2n) is 4.16. The Kier molecular flexibility index (Phi) is 4.45. The summed E-state index contributed by atoms with van der Waals surface area (Å²) in [7, 11) is 0. The van der Waals surface area contributed by atoms with Crippen LogP contribution in [0.15, 0.2) is 24.3 Å². The van der Waals surface area contributed by atoms with E-state index in [0.717, 1.165) is 18.2 Å². The van der Waals surface area contributed by atoms with Gasteiger partial charge in [0.05, 0.1) is 6.61 Å². The monoisotopic (exact) mass is 279 g/mol. The first-order chi connectivity index (χ1) is 9.58. The highest BCUT2D eigenvalue weighted by Crippen LogP contribution is 2.16. The fourth-order valence-electron chi connectivity index (χ4n) is 1.72. The summed E-state index contributed by atoms with van der Waals surface area (Å²) in [6.07, 6.45) is 0. The van der Waals surface area contributed by atoms with Crippen LogP contribution in [0.4, 0.5) is 14.6 Å². The maximum atomic E-state index is 13.5. The van der Waals surface area contributed by atoms with Gasteiger partial charge in [0.25, 0.3) is 0 Å². The van der Waals surface area contributed by atoms with Gasteiger partial charge in [-0.15, -0.1) is 0 Å². The third-order valence-electron chi connectivity index (χ3n) is 2.57. The van der Waals surface area contributed by atoms with E-state index in [-0.39, 0.29) is 12.1 Å². The van der Waals surface area contributed by atoms with Gasteiger partial charge < -0.3 is 10.1 Å². The molecule has 6 heteroatoms. The Bertz CT molecular complexity index is 605. The zero-order valence-corrected chi connectivity index (χ0v) is 11.3. The van der Waals surface area contributed by atoms with Crippen molar-refractivity contribution in [3.05, 3.63) is 47.3 Å². The molecular formula is C14H15F2N3O. The van der Waals surface area contributed by atoms with Gasteiger partial charge in [-0.05, 0) is 32.0 Å². The van der Waals surface area contributed by atoms with Crippen molar-refractivity contribution in [1.82, 2.24) is 9.97 Å². The molecule has 0 saturated carbocycles. The summed E-state index contributed by atoms with van der Waals surface area (Å²) in [6, 6.07) is 4.96. The predicted octanol–water partition coefficient (Wildman–Crippen LogP) is 3.07. The second-order valence-corrected chi connectivity index (χ2v) is 4.16. The van der Waals surface area contributed by atoms with E-state index in [1.165, 1.54) is 0 Å². The van der Waals surface area contributed by atoms with E-state index >= 15 is 0 Å². The third-order valence-corrected chi connectivity index (χ3v) is 2.57. The number of hydrogen-bond acceptors (Lipinski definition) is 4. The van der Waals surface area contributed by atoms with Gasteiger partial charge in [-0.3, -0.25) is 0 Å². The van der Waals surface area contributed by atoms with Crippen LogP contribution in [-0.2, 0) is 6.54 Å². The van der Waals surface area contributed by atoms with Crippen LogP contribution in [0.1, 0.15) is 18.3 Å². The number of aromatic nitrogens is 2. The van der Waals surface area contributed by atoms with E-state index in [2.05, 4.69) is 15.3 Å². The van der Waals surface area contributed by atoms with Crippen molar-refractivity contribution in [2.75, 3.05) is 11.9 Å². The lowest BCUT2D eigenvalue weighted by molar-refractivity contribution is 0.325. The molecule has 4 nitrogen and oxygen atoms in total. The summed E-state index contributed by atoms with van der Waals surface area (Å²) in [4.78, 5) is 8.27. The van der Waals surface area contributed by atoms with E-state index in [4.69, 9.17) is 4.74 Å². The quantitative estimate of drug-likeness (QED) is 0.913. The molecule has 0 aliphatic rings. The van der Waals surface area contributed by atoms with Crippen LogP contribution in [0.25, 0.3) is 0 Å². The Morgan fingerprint density at radius 2 is 2.00 bits per heavy atom. The molecular weight excluding hydrogens is 264 g/mol. The molecule has 1 N–H and O–H groups in total. The number of nitrogens with zero attached hydrogens (tertiary/aromatic N) is 2. The van der Waals surface area contributed by atoms with Crippen molar-refractivity contribution in [2.45, 2.75) is 20.4 Å². The maximum Gasteiger partial charge on any atom is 0.218 e. The number of ether oxygens (including phenoxy) is 1. The summed E-state index contributed by atoms with van der Waals surface area (Å²) in [5.41, 5.74) is 0.235. The zero-order chi connectivity index (χ0) is 14.5. The predicted molar refractivity (Wildman–Crippen MR) is 71.6 cm³/mol. The minimum atomic E-state index is -0.475. The zero-order valence-electron chi connectivity index (χ0n) is 11.3. The molecule has 106 valence electrons. The van der Waals surface area contributed by atoms with Crippen LogP contribution in [0.5, 0.6) is 5.88 Å². The van der Waals surface area contributed by atoms with Gasteiger partial charge in [0.15, 0.2) is 0 Å². The van der Waals surface area contributed by atoms with E-state index in [1.54, 1.807) is 13.0 Å². The van der Waals surface area contributed by atoms with Crippen LogP contribution >= 0.6 is 0 Å². The molecule has 20 heavy (non-hydrogen) atoms. The molecule has 0 amide bonds. The molecule has 1 heterocycles. The number of anilines is 1. The third kappa shape index (κ3) is 3.63. The smallest absolute Gasteiger partial charge is 0.218 e. The van der Waals surface area contributed by atoms with Gasteiger partial charge in [0.2, 0.25) is 5.88 Å². The summed E-state index contributed by atoms with van der Waals surface area (Å²) >= 11 is 0. The standard InChI is InChI=1S/C14H15F2N3O/c1-3-20-14-7-13(18-9(2)19-14)17-8-10-6-11(15)4-5-12(10)16/h4-7H,3,8H2,1-2H3,(H,17,18,19). The molecule has 0 atom stereocenters. The number of benzene rings is 1. The lowest BCUT2D eigenvalue weighted by Gasteiger charge is -2.09. The highest BCUT2D eigenvalue weighted by atomic mass is 19.1. The normalized spacial score (nSPS) is 10.4. The number of nitrogens with one attached hydrogen (secondary N) is 1. The molecule has 2 aromatic rings. The summed E-state index contributed by atoms with van der Waals surface area (Å²) in [5, 5.41) is 2.93. The highest BCUT2D eigenvalue weighted by molar-refractivity contribution is 5.39. The van der Waals surface area contributed by atoms with Gasteiger partial charge in [0, 0.05) is 18.2 Å². The Hall–Kier alpha value is -2.24. The Morgan fingerprint density at radius 3 is 2.75 bits per heavy atom. The number of rotatable bonds is 5. The molecule has 0 aliphatic carbocycles. The SMILES string of the molecule is CCOc1cc(NCc2cc(F)ccc2F)nc(C)n1. The fraction of sp³-hybridized carbons (Fsp3) is 0.286. The fourth-order valence-corrected chi connectivity index (χ4v) is 1.72.